The third-order valence-corrected chi connectivity index (χ3v) is 6.77. The summed E-state index contributed by atoms with van der Waals surface area (Å²) in [6.07, 6.45) is 3.02. The van der Waals surface area contributed by atoms with Crippen LogP contribution in [0.5, 0.6) is 0 Å². The second kappa shape index (κ2) is 7.08. The van der Waals surface area contributed by atoms with Crippen LogP contribution < -0.4 is 4.72 Å². The Balaban J connectivity index is 1.78. The molecule has 0 radical (unpaired) electrons. The molecule has 1 N–H and O–H groups in total. The SMILES string of the molecule is CC(C)S(=O)(=O)NC1CCC[C@@H]1c1ccc(-c2ccccc2)cc1. The molecule has 0 aromatic heterocycles. The Bertz CT molecular complexity index is 767. The summed E-state index contributed by atoms with van der Waals surface area (Å²) in [4.78, 5) is 0. The van der Waals surface area contributed by atoms with Crippen molar-refractivity contribution in [1.29, 1.82) is 0 Å². The van der Waals surface area contributed by atoms with Crippen molar-refractivity contribution in [3.63, 3.8) is 0 Å². The van der Waals surface area contributed by atoms with E-state index in [1.807, 2.05) is 18.2 Å². The van der Waals surface area contributed by atoms with Crippen LogP contribution in [0.25, 0.3) is 11.1 Å². The first-order valence-electron chi connectivity index (χ1n) is 8.64. The third-order valence-electron chi connectivity index (χ3n) is 4.90. The van der Waals surface area contributed by atoms with E-state index in [0.717, 1.165) is 19.3 Å². The lowest BCUT2D eigenvalue weighted by Crippen LogP contribution is -2.40. The lowest BCUT2D eigenvalue weighted by atomic mass is 9.93. The largest absolute Gasteiger partial charge is 0.214 e. The highest BCUT2D eigenvalue weighted by Crippen LogP contribution is 2.36. The minimum absolute atomic E-state index is 0.0139. The van der Waals surface area contributed by atoms with Crippen LogP contribution in [0.4, 0.5) is 0 Å². The summed E-state index contributed by atoms with van der Waals surface area (Å²) in [7, 11) is -3.22. The van der Waals surface area contributed by atoms with E-state index < -0.39 is 10.0 Å². The lowest BCUT2D eigenvalue weighted by Gasteiger charge is -2.22. The van der Waals surface area contributed by atoms with E-state index >= 15 is 0 Å². The molecule has 3 rings (SSSR count). The summed E-state index contributed by atoms with van der Waals surface area (Å²) in [6.45, 7) is 3.45. The van der Waals surface area contributed by atoms with Crippen molar-refractivity contribution in [3.05, 3.63) is 60.2 Å². The van der Waals surface area contributed by atoms with Gasteiger partial charge in [0.2, 0.25) is 10.0 Å². The highest BCUT2D eigenvalue weighted by atomic mass is 32.2. The number of benzene rings is 2. The third kappa shape index (κ3) is 3.70. The molecule has 24 heavy (non-hydrogen) atoms. The molecule has 0 bridgehead atoms. The van der Waals surface area contributed by atoms with Gasteiger partial charge in [0.15, 0.2) is 0 Å². The van der Waals surface area contributed by atoms with Gasteiger partial charge in [0.1, 0.15) is 0 Å². The van der Waals surface area contributed by atoms with Gasteiger partial charge in [-0.1, -0.05) is 61.0 Å². The van der Waals surface area contributed by atoms with Crippen molar-refractivity contribution < 1.29 is 8.42 Å². The summed E-state index contributed by atoms with van der Waals surface area (Å²) in [5, 5.41) is -0.390. The second-order valence-corrected chi connectivity index (χ2v) is 9.11. The Hall–Kier alpha value is -1.65. The maximum absolute atomic E-state index is 12.2. The topological polar surface area (TPSA) is 46.2 Å². The van der Waals surface area contributed by atoms with E-state index in [9.17, 15) is 8.42 Å². The van der Waals surface area contributed by atoms with Crippen molar-refractivity contribution >= 4 is 10.0 Å². The van der Waals surface area contributed by atoms with Crippen LogP contribution >= 0.6 is 0 Å². The average Bonchev–Trinajstić information content (AvgIpc) is 3.03. The Labute approximate surface area is 145 Å². The van der Waals surface area contributed by atoms with E-state index in [0.29, 0.717) is 0 Å². The van der Waals surface area contributed by atoms with Crippen LogP contribution in [-0.2, 0) is 10.0 Å². The minimum atomic E-state index is -3.22. The van der Waals surface area contributed by atoms with Crippen molar-refractivity contribution in [2.24, 2.45) is 0 Å². The quantitative estimate of drug-likeness (QED) is 0.879. The van der Waals surface area contributed by atoms with Crippen molar-refractivity contribution in [2.45, 2.75) is 50.3 Å². The van der Waals surface area contributed by atoms with Gasteiger partial charge in [-0.2, -0.15) is 0 Å². The van der Waals surface area contributed by atoms with Crippen LogP contribution in [0.1, 0.15) is 44.6 Å². The fourth-order valence-corrected chi connectivity index (χ4v) is 4.38. The number of hydrogen-bond acceptors (Lipinski definition) is 2. The van der Waals surface area contributed by atoms with Crippen LogP contribution in [0, 0.1) is 0 Å². The molecule has 1 fully saturated rings. The smallest absolute Gasteiger partial charge is 0.212 e. The van der Waals surface area contributed by atoms with Gasteiger partial charge in [0.05, 0.1) is 5.25 Å². The van der Waals surface area contributed by atoms with Gasteiger partial charge in [0.25, 0.3) is 0 Å². The predicted octanol–water partition coefficient (Wildman–Crippen LogP) is 4.32. The van der Waals surface area contributed by atoms with Crippen LogP contribution in [0.3, 0.4) is 0 Å². The first-order valence-corrected chi connectivity index (χ1v) is 10.2. The van der Waals surface area contributed by atoms with Crippen molar-refractivity contribution in [2.75, 3.05) is 0 Å². The number of sulfonamides is 1. The van der Waals surface area contributed by atoms with Gasteiger partial charge in [0, 0.05) is 12.0 Å². The van der Waals surface area contributed by atoms with Gasteiger partial charge in [-0.3, -0.25) is 0 Å². The zero-order valence-corrected chi connectivity index (χ0v) is 15.1. The first-order chi connectivity index (χ1) is 11.5. The molecule has 1 saturated carbocycles. The predicted molar refractivity (Wildman–Crippen MR) is 99.4 cm³/mol. The summed E-state index contributed by atoms with van der Waals surface area (Å²) < 4.78 is 27.3. The molecule has 2 aromatic rings. The van der Waals surface area contributed by atoms with E-state index in [4.69, 9.17) is 0 Å². The zero-order valence-electron chi connectivity index (χ0n) is 14.3. The zero-order chi connectivity index (χ0) is 17.2. The molecule has 1 aliphatic carbocycles. The maximum atomic E-state index is 12.2. The normalized spacial score (nSPS) is 21.3. The van der Waals surface area contributed by atoms with Crippen molar-refractivity contribution in [3.8, 4) is 11.1 Å². The maximum Gasteiger partial charge on any atom is 0.214 e. The first kappa shape index (κ1) is 17.2. The monoisotopic (exact) mass is 343 g/mol. The molecule has 2 atom stereocenters. The molecule has 128 valence electrons. The molecule has 4 heteroatoms. The lowest BCUT2D eigenvalue weighted by molar-refractivity contribution is 0.519. The Kier molecular flexibility index (Phi) is 5.07. The molecule has 0 saturated heterocycles. The minimum Gasteiger partial charge on any atom is -0.212 e. The van der Waals surface area contributed by atoms with Crippen LogP contribution in [-0.4, -0.2) is 19.7 Å². The number of hydrogen-bond donors (Lipinski definition) is 1. The molecule has 2 aromatic carbocycles. The fraction of sp³-hybridized carbons (Fsp3) is 0.400. The van der Waals surface area contributed by atoms with Gasteiger partial charge >= 0.3 is 0 Å². The van der Waals surface area contributed by atoms with Gasteiger partial charge in [-0.15, -0.1) is 0 Å². The molecule has 1 unspecified atom stereocenters. The van der Waals surface area contributed by atoms with Crippen LogP contribution in [0.15, 0.2) is 54.6 Å². The number of rotatable bonds is 5. The number of nitrogens with one attached hydrogen (secondary N) is 1. The van der Waals surface area contributed by atoms with E-state index in [-0.39, 0.29) is 17.2 Å². The summed E-state index contributed by atoms with van der Waals surface area (Å²) >= 11 is 0. The average molecular weight is 343 g/mol. The Morgan fingerprint density at radius 2 is 1.54 bits per heavy atom. The fourth-order valence-electron chi connectivity index (χ4n) is 3.40. The molecule has 3 nitrogen and oxygen atoms in total. The summed E-state index contributed by atoms with van der Waals surface area (Å²) in [5.74, 6) is 0.267. The second-order valence-electron chi connectivity index (χ2n) is 6.84. The molecular weight excluding hydrogens is 318 g/mol. The van der Waals surface area contributed by atoms with Crippen LogP contribution in [0.2, 0.25) is 0 Å². The molecule has 0 aliphatic heterocycles. The highest BCUT2D eigenvalue weighted by Gasteiger charge is 2.32. The molecule has 0 heterocycles. The van der Waals surface area contributed by atoms with Crippen molar-refractivity contribution in [1.82, 2.24) is 4.72 Å². The van der Waals surface area contributed by atoms with Gasteiger partial charge in [-0.25, -0.2) is 13.1 Å². The molecule has 0 spiro atoms. The molecule has 0 amide bonds. The summed E-state index contributed by atoms with van der Waals surface area (Å²) in [5.41, 5.74) is 3.62. The van der Waals surface area contributed by atoms with E-state index in [1.54, 1.807) is 13.8 Å². The molecular formula is C20H25NO2S. The van der Waals surface area contributed by atoms with E-state index in [2.05, 4.69) is 41.1 Å². The Morgan fingerprint density at radius 3 is 2.17 bits per heavy atom. The molecule has 1 aliphatic rings. The van der Waals surface area contributed by atoms with E-state index in [1.165, 1.54) is 16.7 Å². The summed E-state index contributed by atoms with van der Waals surface area (Å²) in [6, 6.07) is 18.9. The van der Waals surface area contributed by atoms with Gasteiger partial charge in [-0.05, 0) is 43.4 Å². The van der Waals surface area contributed by atoms with Gasteiger partial charge < -0.3 is 0 Å². The standard InChI is InChI=1S/C20H25NO2S/c1-15(2)24(22,23)21-20-10-6-9-19(20)18-13-11-17(12-14-18)16-7-4-3-5-8-16/h3-5,7-8,11-15,19-21H,6,9-10H2,1-2H3/t19-,20?/m1/s1. The highest BCUT2D eigenvalue weighted by molar-refractivity contribution is 7.90. The Morgan fingerprint density at radius 1 is 0.917 bits per heavy atom.